The molecule has 2 aliphatic heterocycles. The van der Waals surface area contributed by atoms with Gasteiger partial charge in [0, 0.05) is 38.6 Å². The van der Waals surface area contributed by atoms with Gasteiger partial charge in [0.1, 0.15) is 66.2 Å². The van der Waals surface area contributed by atoms with Gasteiger partial charge in [0.05, 0.1) is 0 Å². The molecule has 89 heavy (non-hydrogen) atoms. The average Bonchev–Trinajstić information content (AvgIpc) is 2.79. The van der Waals surface area contributed by atoms with Crippen molar-refractivity contribution in [2.75, 3.05) is 13.1 Å². The van der Waals surface area contributed by atoms with E-state index in [0.717, 1.165) is 0 Å². The van der Waals surface area contributed by atoms with E-state index < -0.39 is 138 Å². The lowest BCUT2D eigenvalue weighted by Crippen LogP contribution is -2.62. The number of primary amides is 1. The van der Waals surface area contributed by atoms with Crippen LogP contribution in [0.25, 0.3) is 0 Å². The third kappa shape index (κ3) is 21.3. The lowest BCUT2D eigenvalue weighted by molar-refractivity contribution is -0.142. The van der Waals surface area contributed by atoms with Crippen LogP contribution in [0, 0.1) is 11.8 Å². The first kappa shape index (κ1) is 68.9. The lowest BCUT2D eigenvalue weighted by Gasteiger charge is -2.32. The molecule has 24 nitrogen and oxygen atoms in total. The van der Waals surface area contributed by atoms with Crippen LogP contribution in [-0.2, 0) is 78.4 Å². The second-order valence-corrected chi connectivity index (χ2v) is 23.6. The maximum absolute atomic E-state index is 15.1. The summed E-state index contributed by atoms with van der Waals surface area (Å²) in [6, 6.07) is 18.6. The van der Waals surface area contributed by atoms with Crippen LogP contribution in [0.5, 0.6) is 5.75 Å². The molecule has 24 heteroatoms. The Morgan fingerprint density at radius 3 is 1.39 bits per heavy atom. The maximum atomic E-state index is 15.1. The molecule has 0 bridgehead atoms. The predicted octanol–water partition coefficient (Wildman–Crippen LogP) is 0.757. The van der Waals surface area contributed by atoms with Gasteiger partial charge >= 0.3 is 0 Å². The van der Waals surface area contributed by atoms with E-state index in [1.165, 1.54) is 36.1 Å². The first-order valence-electron chi connectivity index (χ1n) is 30.4. The van der Waals surface area contributed by atoms with Crippen molar-refractivity contribution in [3.63, 3.8) is 0 Å². The minimum absolute atomic E-state index is 0.00123. The first-order valence-corrected chi connectivity index (χ1v) is 30.4. The SMILES string of the molecule is CC(C)C[C@@H]1NC(=O)[C@H](CCCN)NC(=O)[C@H](C(C)C)NC(=O)[C@H](Cc2ccc(O)cc2)NC(=O)[C@H](CCC(N)=O)NC(=O)[C@H](C)NC(=O)[C@@H](Cc2ccccc2)NC(=O)[C@H](Cc2ccccc2)NC(=O)[C@@H]2CCCN2C(=O)[C@@H](Cc2ccccc2)NC1=O. The fourth-order valence-electron chi connectivity index (χ4n) is 10.7. The largest absolute Gasteiger partial charge is 0.508 e. The van der Waals surface area contributed by atoms with Gasteiger partial charge in [0.2, 0.25) is 65.0 Å². The molecule has 4 aromatic rings. The molecule has 0 radical (unpaired) electrons. The van der Waals surface area contributed by atoms with Gasteiger partial charge in [-0.2, -0.15) is 0 Å². The fraction of sp³-hybridized carbons (Fsp3) is 0.462. The molecule has 2 fully saturated rings. The summed E-state index contributed by atoms with van der Waals surface area (Å²) in [7, 11) is 0. The standard InChI is InChI=1S/C65H86N12O12/c1-38(2)33-48-60(84)75-52(37-43-21-13-8-14-22-43)65(89)77-32-16-24-53(77)63(87)74-50(35-42-19-11-7-12-20-42)61(85)73-49(34-41-17-9-6-10-18-41)59(83)68-40(5)56(80)69-47(29-30-54(67)79)58(82)72-51(36-44-25-27-45(78)28-26-44)62(86)76-55(39(3)4)64(88)70-46(23-15-31-66)57(81)71-48/h6-14,17-22,25-28,38-40,46-53,55,78H,15-16,23-24,29-37,66H2,1-5H3,(H2,67,79)(H,68,83)(H,69,80)(H,70,88)(H,71,81)(H,72,82)(H,73,85)(H,74,87)(H,75,84)(H,76,86)/t40-,46-,47-,48-,49+,50-,51-,52+,53-,55-/m0/s1. The van der Waals surface area contributed by atoms with Gasteiger partial charge in [-0.3, -0.25) is 52.7 Å². The van der Waals surface area contributed by atoms with Crippen molar-refractivity contribution >= 4 is 65.0 Å². The van der Waals surface area contributed by atoms with Gasteiger partial charge in [-0.05, 0) is 98.2 Å². The number of hydrogen-bond donors (Lipinski definition) is 12. The number of nitrogens with zero attached hydrogens (tertiary/aromatic N) is 1. The highest BCUT2D eigenvalue weighted by Crippen LogP contribution is 2.22. The summed E-state index contributed by atoms with van der Waals surface area (Å²) in [6.45, 7) is 8.51. The molecular weight excluding hydrogens is 1140 g/mol. The summed E-state index contributed by atoms with van der Waals surface area (Å²) in [5, 5.41) is 34.8. The van der Waals surface area contributed by atoms with Gasteiger partial charge in [-0.1, -0.05) is 131 Å². The van der Waals surface area contributed by atoms with Crippen molar-refractivity contribution in [2.24, 2.45) is 23.3 Å². The van der Waals surface area contributed by atoms with E-state index in [4.69, 9.17) is 11.5 Å². The summed E-state index contributed by atoms with van der Waals surface area (Å²) in [6.07, 6.45) is -0.289. The van der Waals surface area contributed by atoms with Crippen LogP contribution in [-0.4, -0.2) is 148 Å². The molecule has 4 aromatic carbocycles. The molecule has 478 valence electrons. The van der Waals surface area contributed by atoms with Crippen molar-refractivity contribution < 1.29 is 57.8 Å². The van der Waals surface area contributed by atoms with Crippen molar-refractivity contribution in [2.45, 2.75) is 166 Å². The third-order valence-electron chi connectivity index (χ3n) is 15.6. The molecular formula is C65H86N12O12. The Kier molecular flexibility index (Phi) is 26.2. The summed E-state index contributed by atoms with van der Waals surface area (Å²) in [5.41, 5.74) is 13.8. The van der Waals surface area contributed by atoms with Gasteiger partial charge in [-0.15, -0.1) is 0 Å². The van der Waals surface area contributed by atoms with E-state index >= 15 is 4.79 Å². The van der Waals surface area contributed by atoms with Crippen molar-refractivity contribution in [1.29, 1.82) is 0 Å². The molecule has 0 aromatic heterocycles. The number of phenolic OH excluding ortho intramolecular Hbond substituents is 1. The Morgan fingerprint density at radius 1 is 0.494 bits per heavy atom. The number of phenols is 1. The highest BCUT2D eigenvalue weighted by Gasteiger charge is 2.41. The Hall–Kier alpha value is -9.19. The van der Waals surface area contributed by atoms with Crippen molar-refractivity contribution in [1.82, 2.24) is 52.8 Å². The van der Waals surface area contributed by atoms with Crippen LogP contribution < -0.4 is 59.3 Å². The first-order chi connectivity index (χ1) is 42.5. The highest BCUT2D eigenvalue weighted by molar-refractivity contribution is 6.00. The summed E-state index contributed by atoms with van der Waals surface area (Å²) >= 11 is 0. The minimum atomic E-state index is -1.56. The third-order valence-corrected chi connectivity index (χ3v) is 15.6. The molecule has 0 spiro atoms. The zero-order valence-corrected chi connectivity index (χ0v) is 51.1. The van der Waals surface area contributed by atoms with E-state index in [1.807, 2.05) is 13.8 Å². The van der Waals surface area contributed by atoms with E-state index in [0.29, 0.717) is 28.7 Å². The molecule has 0 aliphatic carbocycles. The second kappa shape index (κ2) is 33.8. The van der Waals surface area contributed by atoms with E-state index in [2.05, 4.69) is 47.9 Å². The van der Waals surface area contributed by atoms with Gasteiger partial charge in [-0.25, -0.2) is 0 Å². The summed E-state index contributed by atoms with van der Waals surface area (Å²) < 4.78 is 0. The van der Waals surface area contributed by atoms with Crippen LogP contribution in [0.2, 0.25) is 0 Å². The normalized spacial score (nSPS) is 24.4. The van der Waals surface area contributed by atoms with Crippen LogP contribution in [0.3, 0.4) is 0 Å². The average molecular weight is 1230 g/mol. The van der Waals surface area contributed by atoms with Gasteiger partial charge in [0.25, 0.3) is 0 Å². The molecule has 6 rings (SSSR count). The topological polar surface area (TPSA) is 372 Å². The smallest absolute Gasteiger partial charge is 0.246 e. The Labute approximate surface area is 519 Å². The second-order valence-electron chi connectivity index (χ2n) is 23.6. The minimum Gasteiger partial charge on any atom is -0.508 e. The van der Waals surface area contributed by atoms with Crippen LogP contribution >= 0.6 is 0 Å². The number of hydrogen-bond acceptors (Lipinski definition) is 13. The lowest BCUT2D eigenvalue weighted by atomic mass is 9.99. The predicted molar refractivity (Wildman–Crippen MR) is 331 cm³/mol. The van der Waals surface area contributed by atoms with E-state index in [1.54, 1.807) is 105 Å². The monoisotopic (exact) mass is 1230 g/mol. The van der Waals surface area contributed by atoms with Crippen molar-refractivity contribution in [3.8, 4) is 5.75 Å². The van der Waals surface area contributed by atoms with Gasteiger partial charge < -0.3 is 69.3 Å². The van der Waals surface area contributed by atoms with E-state index in [9.17, 15) is 53.1 Å². The zero-order chi connectivity index (χ0) is 64.7. The molecule has 2 aliphatic rings. The Balaban J connectivity index is 1.43. The number of aromatic hydroxyl groups is 1. The number of fused-ring (bicyclic) bond motifs is 1. The molecule has 0 unspecified atom stereocenters. The quantitative estimate of drug-likeness (QED) is 0.0696. The van der Waals surface area contributed by atoms with Gasteiger partial charge in [0.15, 0.2) is 0 Å². The molecule has 11 amide bonds. The fourth-order valence-corrected chi connectivity index (χ4v) is 10.7. The zero-order valence-electron chi connectivity index (χ0n) is 51.1. The highest BCUT2D eigenvalue weighted by atomic mass is 16.3. The summed E-state index contributed by atoms with van der Waals surface area (Å²) in [5.74, 6) is -9.70. The number of carbonyl (C=O) groups is 11. The number of nitrogens with one attached hydrogen (secondary N) is 9. The van der Waals surface area contributed by atoms with Crippen LogP contribution in [0.4, 0.5) is 0 Å². The number of carbonyl (C=O) groups excluding carboxylic acids is 11. The Morgan fingerprint density at radius 2 is 0.899 bits per heavy atom. The maximum Gasteiger partial charge on any atom is 0.246 e. The molecule has 2 heterocycles. The molecule has 0 saturated carbocycles. The Bertz CT molecular complexity index is 3080. The van der Waals surface area contributed by atoms with Crippen LogP contribution in [0.15, 0.2) is 115 Å². The molecule has 14 N–H and O–H groups in total. The number of nitrogens with two attached hydrogens (primary N) is 2. The number of rotatable bonds is 17. The number of benzene rings is 4. The number of amides is 11. The molecule has 10 atom stereocenters. The molecule has 2 saturated heterocycles. The van der Waals surface area contributed by atoms with E-state index in [-0.39, 0.29) is 82.5 Å². The van der Waals surface area contributed by atoms with Crippen LogP contribution in [0.1, 0.15) is 102 Å². The van der Waals surface area contributed by atoms with Crippen molar-refractivity contribution in [3.05, 3.63) is 138 Å². The summed E-state index contributed by atoms with van der Waals surface area (Å²) in [4.78, 5) is 160.